The Morgan fingerprint density at radius 1 is 1.42 bits per heavy atom. The highest BCUT2D eigenvalue weighted by Crippen LogP contribution is 2.28. The summed E-state index contributed by atoms with van der Waals surface area (Å²) < 4.78 is 10.6. The van der Waals surface area contributed by atoms with Gasteiger partial charge in [0.25, 0.3) is 5.91 Å². The van der Waals surface area contributed by atoms with Crippen molar-refractivity contribution in [2.45, 2.75) is 6.92 Å². The van der Waals surface area contributed by atoms with Gasteiger partial charge in [-0.05, 0) is 25.1 Å². The topological polar surface area (TPSA) is 73.3 Å². The zero-order chi connectivity index (χ0) is 13.7. The second kappa shape index (κ2) is 6.14. The zero-order valence-electron chi connectivity index (χ0n) is 10.5. The molecule has 0 atom stereocenters. The number of anilines is 1. The highest BCUT2D eigenvalue weighted by atomic mass is 32.1. The number of nitrogens with one attached hydrogen (secondary N) is 1. The maximum absolute atomic E-state index is 12.0. The standard InChI is InChI=1S/C12H13N3O3S/c1-3-18-10-6-8(4-5-9(10)17-2)11(16)14-12-15-13-7-19-12/h4-7H,3H2,1-2H3,(H,14,15,16). The Labute approximate surface area is 114 Å². The van der Waals surface area contributed by atoms with Gasteiger partial charge >= 0.3 is 0 Å². The molecule has 0 fully saturated rings. The number of amides is 1. The fourth-order valence-electron chi connectivity index (χ4n) is 1.48. The third kappa shape index (κ3) is 3.19. The van der Waals surface area contributed by atoms with E-state index in [0.29, 0.717) is 28.8 Å². The van der Waals surface area contributed by atoms with Crippen LogP contribution in [0.4, 0.5) is 5.13 Å². The Kier molecular flexibility index (Phi) is 4.30. The first-order valence-corrected chi connectivity index (χ1v) is 6.51. The summed E-state index contributed by atoms with van der Waals surface area (Å²) in [6, 6.07) is 5.00. The van der Waals surface area contributed by atoms with Crippen LogP contribution >= 0.6 is 11.3 Å². The van der Waals surface area contributed by atoms with Crippen molar-refractivity contribution in [3.05, 3.63) is 29.3 Å². The van der Waals surface area contributed by atoms with E-state index in [4.69, 9.17) is 9.47 Å². The van der Waals surface area contributed by atoms with E-state index in [-0.39, 0.29) is 5.91 Å². The Hall–Kier alpha value is -2.15. The molecule has 0 aliphatic carbocycles. The van der Waals surface area contributed by atoms with Crippen LogP contribution in [-0.2, 0) is 0 Å². The predicted molar refractivity (Wildman–Crippen MR) is 72.0 cm³/mol. The van der Waals surface area contributed by atoms with Gasteiger partial charge in [0.1, 0.15) is 5.51 Å². The average molecular weight is 279 g/mol. The molecule has 1 heterocycles. The van der Waals surface area contributed by atoms with E-state index in [1.807, 2.05) is 6.92 Å². The summed E-state index contributed by atoms with van der Waals surface area (Å²) >= 11 is 1.26. The van der Waals surface area contributed by atoms with Crippen molar-refractivity contribution in [3.8, 4) is 11.5 Å². The molecule has 1 amide bonds. The normalized spacial score (nSPS) is 10.0. The Balaban J connectivity index is 2.19. The molecule has 1 aromatic carbocycles. The number of aromatic nitrogens is 2. The Morgan fingerprint density at radius 3 is 2.89 bits per heavy atom. The Bertz CT molecular complexity index is 557. The lowest BCUT2D eigenvalue weighted by atomic mass is 10.2. The molecule has 0 radical (unpaired) electrons. The van der Waals surface area contributed by atoms with Crippen LogP contribution in [0.5, 0.6) is 11.5 Å². The van der Waals surface area contributed by atoms with Crippen molar-refractivity contribution < 1.29 is 14.3 Å². The van der Waals surface area contributed by atoms with Gasteiger partial charge in [0.2, 0.25) is 5.13 Å². The minimum absolute atomic E-state index is 0.264. The molecule has 7 heteroatoms. The molecular weight excluding hydrogens is 266 g/mol. The van der Waals surface area contributed by atoms with Crippen LogP contribution in [0.2, 0.25) is 0 Å². The third-order valence-electron chi connectivity index (χ3n) is 2.31. The SMILES string of the molecule is CCOc1cc(C(=O)Nc2nncs2)ccc1OC. The summed E-state index contributed by atoms with van der Waals surface area (Å²) in [6.07, 6.45) is 0. The molecule has 19 heavy (non-hydrogen) atoms. The summed E-state index contributed by atoms with van der Waals surface area (Å²) in [7, 11) is 1.55. The number of carbonyl (C=O) groups is 1. The van der Waals surface area contributed by atoms with E-state index >= 15 is 0 Å². The molecule has 0 bridgehead atoms. The van der Waals surface area contributed by atoms with E-state index in [2.05, 4.69) is 15.5 Å². The smallest absolute Gasteiger partial charge is 0.257 e. The molecule has 2 rings (SSSR count). The van der Waals surface area contributed by atoms with Crippen LogP contribution in [-0.4, -0.2) is 29.8 Å². The van der Waals surface area contributed by atoms with Gasteiger partial charge in [0.05, 0.1) is 13.7 Å². The summed E-state index contributed by atoms with van der Waals surface area (Å²) in [6.45, 7) is 2.37. The van der Waals surface area contributed by atoms with Crippen LogP contribution in [0.3, 0.4) is 0 Å². The van der Waals surface area contributed by atoms with E-state index in [1.165, 1.54) is 11.3 Å². The van der Waals surface area contributed by atoms with Crippen molar-refractivity contribution in [3.63, 3.8) is 0 Å². The van der Waals surface area contributed by atoms with Crippen molar-refractivity contribution >= 4 is 22.4 Å². The van der Waals surface area contributed by atoms with E-state index in [0.717, 1.165) is 0 Å². The first kappa shape index (κ1) is 13.3. The maximum atomic E-state index is 12.0. The number of hydrogen-bond donors (Lipinski definition) is 1. The molecule has 0 aliphatic heterocycles. The molecule has 0 saturated heterocycles. The van der Waals surface area contributed by atoms with Crippen LogP contribution in [0.25, 0.3) is 0 Å². The molecule has 6 nitrogen and oxygen atoms in total. The molecule has 0 saturated carbocycles. The van der Waals surface area contributed by atoms with Crippen molar-refractivity contribution in [1.29, 1.82) is 0 Å². The molecular formula is C12H13N3O3S. The highest BCUT2D eigenvalue weighted by molar-refractivity contribution is 7.13. The van der Waals surface area contributed by atoms with E-state index in [1.54, 1.807) is 30.8 Å². The lowest BCUT2D eigenvalue weighted by Crippen LogP contribution is -2.12. The quantitative estimate of drug-likeness (QED) is 0.908. The lowest BCUT2D eigenvalue weighted by Gasteiger charge is -2.10. The minimum Gasteiger partial charge on any atom is -0.493 e. The van der Waals surface area contributed by atoms with Gasteiger partial charge in [0, 0.05) is 5.56 Å². The molecule has 0 aliphatic rings. The highest BCUT2D eigenvalue weighted by Gasteiger charge is 2.12. The number of rotatable bonds is 5. The molecule has 1 N–H and O–H groups in total. The Morgan fingerprint density at radius 2 is 2.26 bits per heavy atom. The van der Waals surface area contributed by atoms with Gasteiger partial charge in [0.15, 0.2) is 11.5 Å². The monoisotopic (exact) mass is 279 g/mol. The summed E-state index contributed by atoms with van der Waals surface area (Å²) in [4.78, 5) is 12.0. The molecule has 1 aromatic heterocycles. The molecule has 100 valence electrons. The van der Waals surface area contributed by atoms with Gasteiger partial charge in [-0.1, -0.05) is 11.3 Å². The third-order valence-corrected chi connectivity index (χ3v) is 2.91. The summed E-state index contributed by atoms with van der Waals surface area (Å²) in [5, 5.41) is 10.5. The van der Waals surface area contributed by atoms with Crippen LogP contribution in [0.15, 0.2) is 23.7 Å². The lowest BCUT2D eigenvalue weighted by molar-refractivity contribution is 0.102. The number of carbonyl (C=O) groups excluding carboxylic acids is 1. The van der Waals surface area contributed by atoms with Crippen LogP contribution in [0.1, 0.15) is 17.3 Å². The first-order valence-electron chi connectivity index (χ1n) is 5.63. The molecule has 2 aromatic rings. The summed E-state index contributed by atoms with van der Waals surface area (Å²) in [5.74, 6) is 0.865. The van der Waals surface area contributed by atoms with E-state index < -0.39 is 0 Å². The fourth-order valence-corrected chi connectivity index (χ4v) is 1.92. The first-order chi connectivity index (χ1) is 9.24. The number of ether oxygens (including phenoxy) is 2. The number of nitrogens with zero attached hydrogens (tertiary/aromatic N) is 2. The number of benzene rings is 1. The van der Waals surface area contributed by atoms with Gasteiger partial charge in [-0.3, -0.25) is 10.1 Å². The largest absolute Gasteiger partial charge is 0.493 e. The van der Waals surface area contributed by atoms with Crippen molar-refractivity contribution in [2.75, 3.05) is 19.0 Å². The molecule has 0 unspecified atom stereocenters. The van der Waals surface area contributed by atoms with Gasteiger partial charge in [-0.15, -0.1) is 10.2 Å². The van der Waals surface area contributed by atoms with Gasteiger partial charge < -0.3 is 9.47 Å². The van der Waals surface area contributed by atoms with Crippen molar-refractivity contribution in [2.24, 2.45) is 0 Å². The van der Waals surface area contributed by atoms with Crippen molar-refractivity contribution in [1.82, 2.24) is 10.2 Å². The number of methoxy groups -OCH3 is 1. The molecule has 0 spiro atoms. The predicted octanol–water partition coefficient (Wildman–Crippen LogP) is 2.20. The zero-order valence-corrected chi connectivity index (χ0v) is 11.4. The summed E-state index contributed by atoms with van der Waals surface area (Å²) in [5.41, 5.74) is 2.02. The van der Waals surface area contributed by atoms with Crippen LogP contribution in [0, 0.1) is 0 Å². The van der Waals surface area contributed by atoms with Gasteiger partial charge in [-0.25, -0.2) is 0 Å². The van der Waals surface area contributed by atoms with Gasteiger partial charge in [-0.2, -0.15) is 0 Å². The number of hydrogen-bond acceptors (Lipinski definition) is 6. The van der Waals surface area contributed by atoms with Crippen LogP contribution < -0.4 is 14.8 Å². The van der Waals surface area contributed by atoms with E-state index in [9.17, 15) is 4.79 Å². The second-order valence-corrected chi connectivity index (χ2v) is 4.33. The maximum Gasteiger partial charge on any atom is 0.257 e. The average Bonchev–Trinajstić information content (AvgIpc) is 2.92. The second-order valence-electron chi connectivity index (χ2n) is 3.50. The fraction of sp³-hybridized carbons (Fsp3) is 0.250. The minimum atomic E-state index is -0.264.